The molecule has 2 aromatic rings. The van der Waals surface area contributed by atoms with E-state index in [-0.39, 0.29) is 0 Å². The Morgan fingerprint density at radius 3 is 2.42 bits per heavy atom. The Labute approximate surface area is 114 Å². The van der Waals surface area contributed by atoms with E-state index in [1.165, 1.54) is 16.7 Å². The molecule has 0 N–H and O–H groups in total. The van der Waals surface area contributed by atoms with Crippen LogP contribution < -0.4 is 4.90 Å². The Kier molecular flexibility index (Phi) is 4.20. The number of benzene rings is 2. The van der Waals surface area contributed by atoms with Crippen LogP contribution in [0.15, 0.2) is 48.5 Å². The van der Waals surface area contributed by atoms with Crippen molar-refractivity contribution in [2.75, 3.05) is 11.9 Å². The minimum Gasteiger partial charge on any atom is -0.282 e. The number of hydrogen-bond donors (Lipinski definition) is 0. The molecule has 0 saturated carbocycles. The summed E-state index contributed by atoms with van der Waals surface area (Å²) >= 11 is 0. The first-order valence-electron chi connectivity index (χ1n) is 6.53. The molecule has 0 atom stereocenters. The molecule has 0 aliphatic heterocycles. The van der Waals surface area contributed by atoms with Crippen LogP contribution in [0.25, 0.3) is 0 Å². The first kappa shape index (κ1) is 13.2. The van der Waals surface area contributed by atoms with Gasteiger partial charge in [-0.15, -0.1) is 0 Å². The van der Waals surface area contributed by atoms with Crippen LogP contribution in [0.1, 0.15) is 23.6 Å². The highest BCUT2D eigenvalue weighted by atomic mass is 15.1. The van der Waals surface area contributed by atoms with Crippen LogP contribution in [0.5, 0.6) is 0 Å². The monoisotopic (exact) mass is 250 g/mol. The molecule has 0 aromatic heterocycles. The molecule has 96 valence electrons. The SMILES string of the molecule is CCc1ccc(N(C)C#N)c(Cc2ccccc2)c1. The van der Waals surface area contributed by atoms with Gasteiger partial charge in [0.2, 0.25) is 0 Å². The largest absolute Gasteiger partial charge is 0.282 e. The first-order chi connectivity index (χ1) is 9.24. The lowest BCUT2D eigenvalue weighted by Crippen LogP contribution is -2.11. The van der Waals surface area contributed by atoms with Crippen molar-refractivity contribution >= 4 is 5.69 Å². The number of aryl methyl sites for hydroxylation is 1. The third-order valence-electron chi connectivity index (χ3n) is 3.30. The van der Waals surface area contributed by atoms with Crippen LogP contribution in [0.2, 0.25) is 0 Å². The van der Waals surface area contributed by atoms with Gasteiger partial charge in [-0.05, 0) is 35.6 Å². The Morgan fingerprint density at radius 1 is 1.05 bits per heavy atom. The number of nitrogens with zero attached hydrogens (tertiary/aromatic N) is 2. The smallest absolute Gasteiger partial charge is 0.184 e. The average molecular weight is 250 g/mol. The highest BCUT2D eigenvalue weighted by molar-refractivity contribution is 5.58. The van der Waals surface area contributed by atoms with Crippen LogP contribution in [0, 0.1) is 11.5 Å². The number of anilines is 1. The fourth-order valence-corrected chi connectivity index (χ4v) is 2.20. The second-order valence-corrected chi connectivity index (χ2v) is 4.64. The van der Waals surface area contributed by atoms with Crippen molar-refractivity contribution in [2.24, 2.45) is 0 Å². The van der Waals surface area contributed by atoms with Crippen molar-refractivity contribution in [3.63, 3.8) is 0 Å². The van der Waals surface area contributed by atoms with Gasteiger partial charge < -0.3 is 0 Å². The van der Waals surface area contributed by atoms with E-state index in [0.29, 0.717) is 0 Å². The predicted octanol–water partition coefficient (Wildman–Crippen LogP) is 3.76. The van der Waals surface area contributed by atoms with Gasteiger partial charge in [0, 0.05) is 7.05 Å². The Hall–Kier alpha value is -2.27. The Bertz CT molecular complexity index is 582. The topological polar surface area (TPSA) is 27.0 Å². The summed E-state index contributed by atoms with van der Waals surface area (Å²) in [7, 11) is 1.80. The number of nitriles is 1. The van der Waals surface area contributed by atoms with Gasteiger partial charge in [-0.3, -0.25) is 4.90 Å². The zero-order chi connectivity index (χ0) is 13.7. The van der Waals surface area contributed by atoms with E-state index in [4.69, 9.17) is 5.26 Å². The summed E-state index contributed by atoms with van der Waals surface area (Å²) in [6.45, 7) is 2.15. The molecular weight excluding hydrogens is 232 g/mol. The quantitative estimate of drug-likeness (QED) is 0.610. The van der Waals surface area contributed by atoms with Crippen LogP contribution >= 0.6 is 0 Å². The van der Waals surface area contributed by atoms with E-state index in [0.717, 1.165) is 18.5 Å². The lowest BCUT2D eigenvalue weighted by molar-refractivity contribution is 1.08. The van der Waals surface area contributed by atoms with Crippen LogP contribution in [-0.2, 0) is 12.8 Å². The maximum absolute atomic E-state index is 9.08. The molecule has 0 heterocycles. The van der Waals surface area contributed by atoms with E-state index >= 15 is 0 Å². The van der Waals surface area contributed by atoms with Crippen molar-refractivity contribution < 1.29 is 0 Å². The fourth-order valence-electron chi connectivity index (χ4n) is 2.20. The van der Waals surface area contributed by atoms with E-state index < -0.39 is 0 Å². The van der Waals surface area contributed by atoms with Crippen molar-refractivity contribution in [3.8, 4) is 6.19 Å². The van der Waals surface area contributed by atoms with Crippen LogP contribution in [0.3, 0.4) is 0 Å². The van der Waals surface area contributed by atoms with Gasteiger partial charge in [-0.25, -0.2) is 0 Å². The molecule has 0 bridgehead atoms. The third-order valence-corrected chi connectivity index (χ3v) is 3.30. The maximum atomic E-state index is 9.08. The number of hydrogen-bond acceptors (Lipinski definition) is 2. The van der Waals surface area contributed by atoms with Gasteiger partial charge in [0.15, 0.2) is 6.19 Å². The first-order valence-corrected chi connectivity index (χ1v) is 6.53. The molecular formula is C17H18N2. The van der Waals surface area contributed by atoms with Crippen molar-refractivity contribution in [3.05, 3.63) is 65.2 Å². The van der Waals surface area contributed by atoms with Crippen molar-refractivity contribution in [2.45, 2.75) is 19.8 Å². The minimum atomic E-state index is 0.857. The molecule has 0 spiro atoms. The molecule has 2 nitrogen and oxygen atoms in total. The summed E-state index contributed by atoms with van der Waals surface area (Å²) in [4.78, 5) is 1.62. The normalized spacial score (nSPS) is 9.95. The summed E-state index contributed by atoms with van der Waals surface area (Å²) in [5.41, 5.74) is 4.77. The van der Waals surface area contributed by atoms with Crippen molar-refractivity contribution in [1.29, 1.82) is 5.26 Å². The van der Waals surface area contributed by atoms with Crippen LogP contribution in [-0.4, -0.2) is 7.05 Å². The fraction of sp³-hybridized carbons (Fsp3) is 0.235. The molecule has 0 fully saturated rings. The Morgan fingerprint density at radius 2 is 1.79 bits per heavy atom. The molecule has 19 heavy (non-hydrogen) atoms. The van der Waals surface area contributed by atoms with Gasteiger partial charge in [0.25, 0.3) is 0 Å². The van der Waals surface area contributed by atoms with Gasteiger partial charge in [0.1, 0.15) is 0 Å². The summed E-state index contributed by atoms with van der Waals surface area (Å²) in [6.07, 6.45) is 4.05. The van der Waals surface area contributed by atoms with Gasteiger partial charge >= 0.3 is 0 Å². The summed E-state index contributed by atoms with van der Waals surface area (Å²) in [5.74, 6) is 0. The summed E-state index contributed by atoms with van der Waals surface area (Å²) in [5, 5.41) is 9.08. The highest BCUT2D eigenvalue weighted by Crippen LogP contribution is 2.24. The summed E-state index contributed by atoms with van der Waals surface area (Å²) in [6, 6.07) is 16.7. The highest BCUT2D eigenvalue weighted by Gasteiger charge is 2.08. The molecule has 2 aromatic carbocycles. The van der Waals surface area contributed by atoms with E-state index in [1.807, 2.05) is 24.3 Å². The molecule has 2 rings (SSSR count). The lowest BCUT2D eigenvalue weighted by Gasteiger charge is -2.16. The predicted molar refractivity (Wildman–Crippen MR) is 79.1 cm³/mol. The zero-order valence-electron chi connectivity index (χ0n) is 11.4. The molecule has 0 saturated heterocycles. The molecule has 0 radical (unpaired) electrons. The molecule has 2 heteroatoms. The van der Waals surface area contributed by atoms with Crippen LogP contribution in [0.4, 0.5) is 5.69 Å². The number of rotatable bonds is 4. The molecule has 0 unspecified atom stereocenters. The second-order valence-electron chi connectivity index (χ2n) is 4.64. The molecule has 0 aliphatic carbocycles. The second kappa shape index (κ2) is 6.06. The average Bonchev–Trinajstić information content (AvgIpc) is 2.47. The van der Waals surface area contributed by atoms with Crippen molar-refractivity contribution in [1.82, 2.24) is 0 Å². The van der Waals surface area contributed by atoms with Gasteiger partial charge in [0.05, 0.1) is 5.69 Å². The van der Waals surface area contributed by atoms with Gasteiger partial charge in [-0.1, -0.05) is 49.4 Å². The summed E-state index contributed by atoms with van der Waals surface area (Å²) < 4.78 is 0. The minimum absolute atomic E-state index is 0.857. The van der Waals surface area contributed by atoms with E-state index in [2.05, 4.69) is 37.4 Å². The standard InChI is InChI=1S/C17H18N2/c1-3-14-9-10-17(19(2)13-18)16(11-14)12-15-7-5-4-6-8-15/h4-11H,3,12H2,1-2H3. The van der Waals surface area contributed by atoms with E-state index in [9.17, 15) is 0 Å². The Balaban J connectivity index is 2.38. The molecule has 0 aliphatic rings. The van der Waals surface area contributed by atoms with E-state index in [1.54, 1.807) is 11.9 Å². The third kappa shape index (κ3) is 3.14. The molecule has 0 amide bonds. The van der Waals surface area contributed by atoms with Gasteiger partial charge in [-0.2, -0.15) is 5.26 Å². The maximum Gasteiger partial charge on any atom is 0.184 e. The lowest BCUT2D eigenvalue weighted by atomic mass is 9.99. The zero-order valence-corrected chi connectivity index (χ0v) is 11.4.